The molecule has 7 aliphatic rings. The van der Waals surface area contributed by atoms with Crippen molar-refractivity contribution in [2.45, 2.75) is 82.7 Å². The molecule has 0 aromatic carbocycles. The predicted octanol–water partition coefficient (Wildman–Crippen LogP) is 2.40. The van der Waals surface area contributed by atoms with Crippen LogP contribution in [0.3, 0.4) is 0 Å². The van der Waals surface area contributed by atoms with Crippen molar-refractivity contribution in [1.82, 2.24) is 45.3 Å². The molecular weight excluding hydrogens is 546 g/mol. The number of likely N-dealkylation sites (tertiary alicyclic amines) is 4. The summed E-state index contributed by atoms with van der Waals surface area (Å²) in [6.45, 7) is 20.0. The normalized spacial score (nSPS) is 29.0. The van der Waals surface area contributed by atoms with E-state index in [0.717, 1.165) is 31.7 Å². The predicted molar refractivity (Wildman–Crippen MR) is 192 cm³/mol. The molecule has 7 aliphatic heterocycles. The van der Waals surface area contributed by atoms with Crippen LogP contribution in [-0.4, -0.2) is 188 Å². The topological polar surface area (TPSA) is 55.5 Å². The molecule has 0 aliphatic carbocycles. The Bertz CT molecular complexity index is 584. The van der Waals surface area contributed by atoms with Crippen molar-refractivity contribution >= 4 is 0 Å². The molecule has 3 N–H and O–H groups in total. The quantitative estimate of drug-likeness (QED) is 0.378. The Kier molecular flexibility index (Phi) is 23.3. The third-order valence-corrected chi connectivity index (χ3v) is 9.97. The Hall–Kier alpha value is -0.360. The summed E-state index contributed by atoms with van der Waals surface area (Å²) in [4.78, 5) is 14.3. The molecule has 7 fully saturated rings. The molecule has 9 heteroatoms. The minimum Gasteiger partial charge on any atom is -0.315 e. The van der Waals surface area contributed by atoms with Gasteiger partial charge >= 0.3 is 0 Å². The molecule has 0 aromatic rings. The van der Waals surface area contributed by atoms with E-state index >= 15 is 0 Å². The number of piperidine rings is 1. The number of hydrogen-bond acceptors (Lipinski definition) is 9. The van der Waals surface area contributed by atoms with Crippen molar-refractivity contribution in [1.29, 1.82) is 0 Å². The van der Waals surface area contributed by atoms with Gasteiger partial charge in [0, 0.05) is 64.4 Å². The van der Waals surface area contributed by atoms with Crippen molar-refractivity contribution in [2.75, 3.05) is 147 Å². The Morgan fingerprint density at radius 1 is 0.409 bits per heavy atom. The molecule has 2 bridgehead atoms. The van der Waals surface area contributed by atoms with Crippen molar-refractivity contribution in [3.8, 4) is 0 Å². The fourth-order valence-electron chi connectivity index (χ4n) is 6.68. The van der Waals surface area contributed by atoms with Crippen molar-refractivity contribution in [3.63, 3.8) is 0 Å². The lowest BCUT2D eigenvalue weighted by Gasteiger charge is -2.21. The fraction of sp³-hybridized carbons (Fsp3) is 1.00. The van der Waals surface area contributed by atoms with Gasteiger partial charge in [-0.3, -0.25) is 0 Å². The van der Waals surface area contributed by atoms with Gasteiger partial charge in [-0.05, 0) is 146 Å². The van der Waals surface area contributed by atoms with Crippen LogP contribution in [0.15, 0.2) is 0 Å². The average Bonchev–Trinajstić information content (AvgIpc) is 3.68. The number of rotatable bonds is 0. The highest BCUT2D eigenvalue weighted by molar-refractivity contribution is 4.95. The van der Waals surface area contributed by atoms with Crippen LogP contribution >= 0.6 is 0 Å². The van der Waals surface area contributed by atoms with E-state index in [4.69, 9.17) is 0 Å². The maximum absolute atomic E-state index is 3.44. The van der Waals surface area contributed by atoms with Crippen LogP contribution < -0.4 is 16.0 Å². The Balaban J connectivity index is 0.000000185. The summed E-state index contributed by atoms with van der Waals surface area (Å²) in [5.74, 6) is 0. The zero-order valence-corrected chi connectivity index (χ0v) is 30.4. The molecule has 0 unspecified atom stereocenters. The van der Waals surface area contributed by atoms with Gasteiger partial charge in [0.1, 0.15) is 0 Å². The zero-order chi connectivity index (χ0) is 31.8. The van der Waals surface area contributed by atoms with Crippen LogP contribution in [0.4, 0.5) is 0 Å². The van der Waals surface area contributed by atoms with Crippen LogP contribution in [-0.2, 0) is 0 Å². The molecule has 9 nitrogen and oxygen atoms in total. The molecule has 0 spiro atoms. The molecule has 0 radical (unpaired) electrons. The van der Waals surface area contributed by atoms with E-state index in [1.54, 1.807) is 0 Å². The first-order chi connectivity index (χ1) is 21.3. The zero-order valence-electron chi connectivity index (χ0n) is 30.4. The molecule has 0 aromatic heterocycles. The van der Waals surface area contributed by atoms with E-state index in [1.807, 2.05) is 0 Å². The van der Waals surface area contributed by atoms with Crippen molar-refractivity contribution in [3.05, 3.63) is 0 Å². The van der Waals surface area contributed by atoms with Crippen LogP contribution in [0.5, 0.6) is 0 Å². The highest BCUT2D eigenvalue weighted by Gasteiger charge is 2.34. The van der Waals surface area contributed by atoms with E-state index in [0.29, 0.717) is 0 Å². The van der Waals surface area contributed by atoms with Gasteiger partial charge in [-0.2, -0.15) is 0 Å². The monoisotopic (exact) mass is 624 g/mol. The Labute approximate surface area is 274 Å². The van der Waals surface area contributed by atoms with E-state index in [2.05, 4.69) is 87.6 Å². The lowest BCUT2D eigenvalue weighted by molar-refractivity contribution is 0.276. The Morgan fingerprint density at radius 3 is 1.11 bits per heavy atom. The number of nitrogens with one attached hydrogen (secondary N) is 3. The van der Waals surface area contributed by atoms with E-state index in [1.165, 1.54) is 156 Å². The van der Waals surface area contributed by atoms with Gasteiger partial charge in [-0.15, -0.1) is 0 Å². The summed E-state index contributed by atoms with van der Waals surface area (Å²) in [6.07, 6.45) is 15.5. The third kappa shape index (κ3) is 20.7. The average molecular weight is 624 g/mol. The second kappa shape index (κ2) is 25.7. The highest BCUT2D eigenvalue weighted by Crippen LogP contribution is 2.20. The molecule has 7 rings (SSSR count). The summed E-state index contributed by atoms with van der Waals surface area (Å²) in [5, 5.41) is 10.1. The molecule has 0 amide bonds. The number of piperazine rings is 2. The molecule has 44 heavy (non-hydrogen) atoms. The second-order valence-corrected chi connectivity index (χ2v) is 14.5. The Morgan fingerprint density at radius 2 is 0.773 bits per heavy atom. The van der Waals surface area contributed by atoms with Crippen LogP contribution in [0.2, 0.25) is 0 Å². The molecule has 7 saturated heterocycles. The summed E-state index contributed by atoms with van der Waals surface area (Å²) in [7, 11) is 13.1. The summed E-state index contributed by atoms with van der Waals surface area (Å²) >= 11 is 0. The summed E-state index contributed by atoms with van der Waals surface area (Å²) < 4.78 is 0. The van der Waals surface area contributed by atoms with Gasteiger partial charge in [-0.25, -0.2) is 0 Å². The SMILES string of the molecule is CN1CCCC1.CN1CCCCC1.CN1CCCCCC1.CN1CCCNCC1.CN1CCNCC1.CN1C[C@@H]2C[C@H]1CN2. The van der Waals surface area contributed by atoms with Gasteiger partial charge < -0.3 is 45.3 Å². The number of likely N-dealkylation sites (N-methyl/N-ethyl adjacent to an activating group) is 3. The van der Waals surface area contributed by atoms with Crippen molar-refractivity contribution < 1.29 is 0 Å². The molecule has 7 heterocycles. The summed E-state index contributed by atoms with van der Waals surface area (Å²) in [6, 6.07) is 1.69. The van der Waals surface area contributed by atoms with Crippen LogP contribution in [0.25, 0.3) is 0 Å². The van der Waals surface area contributed by atoms with Gasteiger partial charge in [0.05, 0.1) is 0 Å². The third-order valence-electron chi connectivity index (χ3n) is 9.97. The second-order valence-electron chi connectivity index (χ2n) is 14.5. The number of fused-ring (bicyclic) bond motifs is 2. The first kappa shape index (κ1) is 39.8. The fourth-order valence-corrected chi connectivity index (χ4v) is 6.68. The lowest BCUT2D eigenvalue weighted by Crippen LogP contribution is -2.41. The molecular formula is C35H77N9. The largest absolute Gasteiger partial charge is 0.315 e. The maximum Gasteiger partial charge on any atom is 0.0233 e. The van der Waals surface area contributed by atoms with E-state index < -0.39 is 0 Å². The van der Waals surface area contributed by atoms with E-state index in [-0.39, 0.29) is 0 Å². The lowest BCUT2D eigenvalue weighted by atomic mass is 10.1. The van der Waals surface area contributed by atoms with Crippen molar-refractivity contribution in [2.24, 2.45) is 0 Å². The van der Waals surface area contributed by atoms with Crippen LogP contribution in [0.1, 0.15) is 70.6 Å². The first-order valence-electron chi connectivity index (χ1n) is 18.6. The minimum atomic E-state index is 0.824. The standard InChI is InChI=1S/C7H15N.C6H12N2.C6H14N2.C6H13N.C5H12N2.C5H11N/c1-8-6-4-2-3-5-7-8;1-8-4-5-2-6(8)3-7-5;1-8-5-2-3-7-4-6-8;1-7-5-3-2-4-6-7;1-7-4-2-6-3-5-7;1-6-4-2-3-5-6/h2-7H2,1H3;5-7H,2-4H2,1H3;7H,2-6H2,1H3;2-6H2,1H3;6H,2-5H2,1H3;2-5H2,1H3/t;5-,6-;;;;/m.0..../s1. The smallest absolute Gasteiger partial charge is 0.0233 e. The van der Waals surface area contributed by atoms with E-state index in [9.17, 15) is 0 Å². The molecule has 0 saturated carbocycles. The van der Waals surface area contributed by atoms with Gasteiger partial charge in [-0.1, -0.05) is 19.3 Å². The number of hydrogen-bond donors (Lipinski definition) is 3. The van der Waals surface area contributed by atoms with Gasteiger partial charge in [0.15, 0.2) is 0 Å². The maximum atomic E-state index is 3.44. The molecule has 2 atom stereocenters. The number of nitrogens with zero attached hydrogens (tertiary/aromatic N) is 6. The highest BCUT2D eigenvalue weighted by atomic mass is 15.3. The van der Waals surface area contributed by atoms with Gasteiger partial charge in [0.2, 0.25) is 0 Å². The first-order valence-corrected chi connectivity index (χ1v) is 18.6. The minimum absolute atomic E-state index is 0.824. The van der Waals surface area contributed by atoms with Gasteiger partial charge in [0.25, 0.3) is 0 Å². The van der Waals surface area contributed by atoms with Crippen LogP contribution in [0, 0.1) is 0 Å². The summed E-state index contributed by atoms with van der Waals surface area (Å²) in [5.41, 5.74) is 0. The molecule has 262 valence electrons.